The van der Waals surface area contributed by atoms with Gasteiger partial charge in [-0.15, -0.1) is 0 Å². The first-order valence-corrected chi connectivity index (χ1v) is 6.12. The number of rotatable bonds is 5. The zero-order chi connectivity index (χ0) is 12.1. The van der Waals surface area contributed by atoms with Crippen molar-refractivity contribution in [2.75, 3.05) is 0 Å². The summed E-state index contributed by atoms with van der Waals surface area (Å²) in [4.78, 5) is 0. The van der Waals surface area contributed by atoms with Crippen LogP contribution in [0.2, 0.25) is 5.02 Å². The fourth-order valence-electron chi connectivity index (χ4n) is 1.82. The molecule has 16 heavy (non-hydrogen) atoms. The van der Waals surface area contributed by atoms with Crippen molar-refractivity contribution in [3.8, 4) is 0 Å². The van der Waals surface area contributed by atoms with Crippen LogP contribution in [-0.4, -0.2) is 6.04 Å². The number of nitrogens with two attached hydrogens (primary N) is 1. The standard InChI is InChI=1S/C13H19ClFN/c1-3-4-9(2)13(16)8-10-7-11(14)5-6-12(10)15/h5-7,9,13H,3-4,8,16H2,1-2H3. The van der Waals surface area contributed by atoms with E-state index in [2.05, 4.69) is 13.8 Å². The van der Waals surface area contributed by atoms with Gasteiger partial charge in [0, 0.05) is 11.1 Å². The lowest BCUT2D eigenvalue weighted by molar-refractivity contribution is 0.415. The van der Waals surface area contributed by atoms with E-state index in [9.17, 15) is 4.39 Å². The monoisotopic (exact) mass is 243 g/mol. The average molecular weight is 244 g/mol. The van der Waals surface area contributed by atoms with Gasteiger partial charge >= 0.3 is 0 Å². The molecule has 0 aliphatic heterocycles. The maximum atomic E-state index is 13.5. The van der Waals surface area contributed by atoms with Crippen molar-refractivity contribution in [3.63, 3.8) is 0 Å². The summed E-state index contributed by atoms with van der Waals surface area (Å²) in [7, 11) is 0. The fourth-order valence-corrected chi connectivity index (χ4v) is 2.02. The van der Waals surface area contributed by atoms with E-state index in [1.807, 2.05) is 0 Å². The third-order valence-corrected chi connectivity index (χ3v) is 3.17. The van der Waals surface area contributed by atoms with Gasteiger partial charge in [-0.25, -0.2) is 4.39 Å². The normalized spacial score (nSPS) is 14.8. The summed E-state index contributed by atoms with van der Waals surface area (Å²) < 4.78 is 13.5. The molecular formula is C13H19ClFN. The zero-order valence-electron chi connectivity index (χ0n) is 9.84. The van der Waals surface area contributed by atoms with Crippen molar-refractivity contribution in [2.24, 2.45) is 11.7 Å². The van der Waals surface area contributed by atoms with Crippen molar-refractivity contribution < 1.29 is 4.39 Å². The van der Waals surface area contributed by atoms with Crippen molar-refractivity contribution >= 4 is 11.6 Å². The molecule has 0 spiro atoms. The molecule has 0 aliphatic carbocycles. The first-order chi connectivity index (χ1) is 7.54. The molecule has 0 bridgehead atoms. The summed E-state index contributed by atoms with van der Waals surface area (Å²) in [6, 6.07) is 4.61. The predicted molar refractivity (Wildman–Crippen MR) is 67.2 cm³/mol. The van der Waals surface area contributed by atoms with Crippen LogP contribution >= 0.6 is 11.6 Å². The Labute approximate surface area is 102 Å². The van der Waals surface area contributed by atoms with Crippen LogP contribution in [0.4, 0.5) is 4.39 Å². The van der Waals surface area contributed by atoms with Gasteiger partial charge in [-0.2, -0.15) is 0 Å². The molecule has 0 radical (unpaired) electrons. The van der Waals surface area contributed by atoms with Gasteiger partial charge in [-0.3, -0.25) is 0 Å². The van der Waals surface area contributed by atoms with Gasteiger partial charge in [0.15, 0.2) is 0 Å². The topological polar surface area (TPSA) is 26.0 Å². The summed E-state index contributed by atoms with van der Waals surface area (Å²) in [5, 5.41) is 0.562. The quantitative estimate of drug-likeness (QED) is 0.837. The molecule has 0 saturated carbocycles. The van der Waals surface area contributed by atoms with E-state index < -0.39 is 0 Å². The molecule has 90 valence electrons. The summed E-state index contributed by atoms with van der Waals surface area (Å²) >= 11 is 5.83. The van der Waals surface area contributed by atoms with Crippen LogP contribution in [0.25, 0.3) is 0 Å². The molecular weight excluding hydrogens is 225 g/mol. The molecule has 1 aromatic carbocycles. The Morgan fingerprint density at radius 1 is 1.44 bits per heavy atom. The Kier molecular flexibility index (Phi) is 5.23. The van der Waals surface area contributed by atoms with Crippen LogP contribution in [0, 0.1) is 11.7 Å². The van der Waals surface area contributed by atoms with Gasteiger partial charge in [0.2, 0.25) is 0 Å². The minimum absolute atomic E-state index is 0.00656. The van der Waals surface area contributed by atoms with Crippen LogP contribution < -0.4 is 5.73 Å². The van der Waals surface area contributed by atoms with E-state index in [1.165, 1.54) is 6.07 Å². The van der Waals surface area contributed by atoms with Gasteiger partial charge in [-0.05, 0) is 42.5 Å². The molecule has 0 amide bonds. The lowest BCUT2D eigenvalue weighted by Crippen LogP contribution is -2.30. The highest BCUT2D eigenvalue weighted by Crippen LogP contribution is 2.19. The second-order valence-electron chi connectivity index (χ2n) is 4.37. The van der Waals surface area contributed by atoms with Crippen LogP contribution in [0.3, 0.4) is 0 Å². The number of hydrogen-bond donors (Lipinski definition) is 1. The van der Waals surface area contributed by atoms with Crippen molar-refractivity contribution in [3.05, 3.63) is 34.6 Å². The van der Waals surface area contributed by atoms with Gasteiger partial charge in [0.05, 0.1) is 0 Å². The molecule has 2 atom stereocenters. The maximum Gasteiger partial charge on any atom is 0.126 e. The molecule has 0 aliphatic rings. The summed E-state index contributed by atoms with van der Waals surface area (Å²) in [5.41, 5.74) is 6.66. The lowest BCUT2D eigenvalue weighted by Gasteiger charge is -2.19. The highest BCUT2D eigenvalue weighted by Gasteiger charge is 2.14. The Morgan fingerprint density at radius 2 is 2.12 bits per heavy atom. The van der Waals surface area contributed by atoms with Crippen LogP contribution in [-0.2, 0) is 6.42 Å². The predicted octanol–water partition coefficient (Wildman–Crippen LogP) is 3.79. The SMILES string of the molecule is CCCC(C)C(N)Cc1cc(Cl)ccc1F. The summed E-state index contributed by atoms with van der Waals surface area (Å²) in [6.45, 7) is 4.24. The smallest absolute Gasteiger partial charge is 0.126 e. The fraction of sp³-hybridized carbons (Fsp3) is 0.538. The third kappa shape index (κ3) is 3.76. The minimum Gasteiger partial charge on any atom is -0.327 e. The Hall–Kier alpha value is -0.600. The molecule has 0 saturated heterocycles. The molecule has 1 aromatic rings. The minimum atomic E-state index is -0.219. The molecule has 0 heterocycles. The Bertz CT molecular complexity index is 341. The first kappa shape index (κ1) is 13.5. The lowest BCUT2D eigenvalue weighted by atomic mass is 9.92. The van der Waals surface area contributed by atoms with Crippen molar-refractivity contribution in [1.82, 2.24) is 0 Å². The van der Waals surface area contributed by atoms with Gasteiger partial charge in [0.25, 0.3) is 0 Å². The van der Waals surface area contributed by atoms with E-state index >= 15 is 0 Å². The largest absolute Gasteiger partial charge is 0.327 e. The molecule has 2 N–H and O–H groups in total. The van der Waals surface area contributed by atoms with Crippen LogP contribution in [0.1, 0.15) is 32.3 Å². The summed E-state index contributed by atoms with van der Waals surface area (Å²) in [6.07, 6.45) is 2.73. The van der Waals surface area contributed by atoms with Gasteiger partial charge in [0.1, 0.15) is 5.82 Å². The van der Waals surface area contributed by atoms with E-state index in [1.54, 1.807) is 12.1 Å². The van der Waals surface area contributed by atoms with E-state index in [0.29, 0.717) is 22.9 Å². The van der Waals surface area contributed by atoms with Crippen molar-refractivity contribution in [2.45, 2.75) is 39.2 Å². The second kappa shape index (κ2) is 6.21. The number of hydrogen-bond acceptors (Lipinski definition) is 1. The molecule has 0 fully saturated rings. The van der Waals surface area contributed by atoms with E-state index in [0.717, 1.165) is 12.8 Å². The molecule has 3 heteroatoms. The highest BCUT2D eigenvalue weighted by molar-refractivity contribution is 6.30. The summed E-state index contributed by atoms with van der Waals surface area (Å²) in [5.74, 6) is 0.187. The first-order valence-electron chi connectivity index (χ1n) is 5.74. The number of benzene rings is 1. The maximum absolute atomic E-state index is 13.5. The average Bonchev–Trinajstić information content (AvgIpc) is 2.23. The third-order valence-electron chi connectivity index (χ3n) is 2.94. The Balaban J connectivity index is 2.68. The number of halogens is 2. The molecule has 1 rings (SSSR count). The molecule has 2 unspecified atom stereocenters. The highest BCUT2D eigenvalue weighted by atomic mass is 35.5. The van der Waals surface area contributed by atoms with Gasteiger partial charge in [-0.1, -0.05) is 31.9 Å². The van der Waals surface area contributed by atoms with Crippen LogP contribution in [0.5, 0.6) is 0 Å². The second-order valence-corrected chi connectivity index (χ2v) is 4.81. The molecule has 1 nitrogen and oxygen atoms in total. The Morgan fingerprint density at radius 3 is 2.75 bits per heavy atom. The van der Waals surface area contributed by atoms with E-state index in [4.69, 9.17) is 17.3 Å². The van der Waals surface area contributed by atoms with Crippen LogP contribution in [0.15, 0.2) is 18.2 Å². The zero-order valence-corrected chi connectivity index (χ0v) is 10.6. The van der Waals surface area contributed by atoms with Crippen molar-refractivity contribution in [1.29, 1.82) is 0 Å². The van der Waals surface area contributed by atoms with Gasteiger partial charge < -0.3 is 5.73 Å². The van der Waals surface area contributed by atoms with E-state index in [-0.39, 0.29) is 11.9 Å². The molecule has 0 aromatic heterocycles.